The van der Waals surface area contributed by atoms with Crippen LogP contribution in [0.2, 0.25) is 0 Å². The van der Waals surface area contributed by atoms with Crippen molar-refractivity contribution in [2.75, 3.05) is 6.54 Å². The van der Waals surface area contributed by atoms with Gasteiger partial charge in [0.1, 0.15) is 17.0 Å². The number of hydrogen-bond donors (Lipinski definition) is 1. The molecular formula is C29H27FN4. The summed E-state index contributed by atoms with van der Waals surface area (Å²) < 4.78 is 16.7. The van der Waals surface area contributed by atoms with Gasteiger partial charge in [-0.3, -0.25) is 9.38 Å². The molecule has 170 valence electrons. The van der Waals surface area contributed by atoms with Crippen LogP contribution in [0.15, 0.2) is 67.0 Å². The minimum Gasteiger partial charge on any atom is -0.310 e. The highest BCUT2D eigenvalue weighted by Crippen LogP contribution is 2.33. The third-order valence-electron chi connectivity index (χ3n) is 6.89. The molecule has 0 bridgehead atoms. The Labute approximate surface area is 198 Å². The van der Waals surface area contributed by atoms with E-state index in [2.05, 4.69) is 57.3 Å². The lowest BCUT2D eigenvalue weighted by atomic mass is 9.95. The van der Waals surface area contributed by atoms with Crippen molar-refractivity contribution in [2.24, 2.45) is 0 Å². The van der Waals surface area contributed by atoms with Gasteiger partial charge in [-0.15, -0.1) is 0 Å². The molecule has 1 N–H and O–H groups in total. The first-order valence-electron chi connectivity index (χ1n) is 12.0. The second kappa shape index (κ2) is 8.33. The first kappa shape index (κ1) is 21.0. The van der Waals surface area contributed by atoms with E-state index in [4.69, 9.17) is 4.98 Å². The summed E-state index contributed by atoms with van der Waals surface area (Å²) in [6, 6.07) is 19.1. The summed E-state index contributed by atoms with van der Waals surface area (Å²) >= 11 is 0. The highest BCUT2D eigenvalue weighted by molar-refractivity contribution is 5.95. The third kappa shape index (κ3) is 3.66. The predicted octanol–water partition coefficient (Wildman–Crippen LogP) is 6.79. The van der Waals surface area contributed by atoms with Gasteiger partial charge in [-0.2, -0.15) is 0 Å². The second-order valence-corrected chi connectivity index (χ2v) is 9.37. The van der Waals surface area contributed by atoms with Crippen molar-refractivity contribution >= 4 is 16.6 Å². The topological polar surface area (TPSA) is 42.2 Å². The molecule has 0 aliphatic carbocycles. The Morgan fingerprint density at radius 2 is 1.82 bits per heavy atom. The SMILES string of the molecule is Cc1cc(F)c2nc(C)cc(-c3cnc4cc(-c5ccc(C6CCCCN6)cc5)ccn34)c2c1. The maximum atomic E-state index is 14.7. The van der Waals surface area contributed by atoms with Crippen LogP contribution in [0.25, 0.3) is 38.9 Å². The Balaban J connectivity index is 1.39. The van der Waals surface area contributed by atoms with Crippen LogP contribution in [-0.4, -0.2) is 20.9 Å². The van der Waals surface area contributed by atoms with Crippen LogP contribution < -0.4 is 5.32 Å². The Morgan fingerprint density at radius 1 is 0.971 bits per heavy atom. The standard InChI is InChI=1S/C29H27FN4/c1-18-13-24-23(15-19(2)33-29(24)25(30)14-18)27-17-32-28-16-22(10-12-34(27)28)20-6-8-21(9-7-20)26-5-3-4-11-31-26/h6-10,12-17,26,31H,3-5,11H2,1-2H3. The fourth-order valence-corrected chi connectivity index (χ4v) is 5.16. The van der Waals surface area contributed by atoms with Gasteiger partial charge in [-0.25, -0.2) is 9.37 Å². The van der Waals surface area contributed by atoms with Crippen LogP contribution in [0.1, 0.15) is 42.1 Å². The molecular weight excluding hydrogens is 423 g/mol. The number of piperidine rings is 1. The van der Waals surface area contributed by atoms with Crippen molar-refractivity contribution in [1.29, 1.82) is 0 Å². The number of aromatic nitrogens is 3. The van der Waals surface area contributed by atoms with Crippen molar-refractivity contribution in [3.05, 3.63) is 89.6 Å². The quantitative estimate of drug-likeness (QED) is 0.329. The van der Waals surface area contributed by atoms with Gasteiger partial charge in [0.05, 0.1) is 11.9 Å². The fourth-order valence-electron chi connectivity index (χ4n) is 5.16. The molecule has 1 aliphatic rings. The lowest BCUT2D eigenvalue weighted by molar-refractivity contribution is 0.412. The minimum atomic E-state index is -0.289. The molecule has 5 heteroatoms. The van der Waals surface area contributed by atoms with E-state index < -0.39 is 0 Å². The first-order chi connectivity index (χ1) is 16.6. The summed E-state index contributed by atoms with van der Waals surface area (Å²) in [4.78, 5) is 9.14. The number of fused-ring (bicyclic) bond motifs is 2. The largest absolute Gasteiger partial charge is 0.310 e. The van der Waals surface area contributed by atoms with Crippen molar-refractivity contribution < 1.29 is 4.39 Å². The van der Waals surface area contributed by atoms with E-state index in [1.807, 2.05) is 32.2 Å². The molecule has 4 nitrogen and oxygen atoms in total. The number of hydrogen-bond acceptors (Lipinski definition) is 3. The molecule has 1 aliphatic heterocycles. The Morgan fingerprint density at radius 3 is 2.62 bits per heavy atom. The molecule has 3 aromatic heterocycles. The molecule has 4 heterocycles. The van der Waals surface area contributed by atoms with Crippen molar-refractivity contribution in [2.45, 2.75) is 39.2 Å². The number of nitrogens with one attached hydrogen (secondary N) is 1. The lowest BCUT2D eigenvalue weighted by Crippen LogP contribution is -2.26. The number of imidazole rings is 1. The number of aryl methyl sites for hydroxylation is 2. The molecule has 1 atom stereocenters. The average molecular weight is 451 g/mol. The van der Waals surface area contributed by atoms with Crippen LogP contribution in [0, 0.1) is 19.7 Å². The zero-order valence-electron chi connectivity index (χ0n) is 19.5. The number of rotatable bonds is 3. The summed E-state index contributed by atoms with van der Waals surface area (Å²) in [7, 11) is 0. The van der Waals surface area contributed by atoms with Gasteiger partial charge in [-0.05, 0) is 85.8 Å². The molecule has 6 rings (SSSR count). The molecule has 5 aromatic rings. The van der Waals surface area contributed by atoms with Gasteiger partial charge in [0.2, 0.25) is 0 Å². The summed E-state index contributed by atoms with van der Waals surface area (Å²) in [6.45, 7) is 4.91. The molecule has 2 aromatic carbocycles. The minimum absolute atomic E-state index is 0.289. The molecule has 0 saturated carbocycles. The van der Waals surface area contributed by atoms with E-state index in [-0.39, 0.29) is 5.82 Å². The maximum absolute atomic E-state index is 14.7. The number of benzene rings is 2. The zero-order chi connectivity index (χ0) is 23.2. The van der Waals surface area contributed by atoms with E-state index >= 15 is 0 Å². The van der Waals surface area contributed by atoms with E-state index in [0.29, 0.717) is 11.6 Å². The number of nitrogens with zero attached hydrogens (tertiary/aromatic N) is 3. The lowest BCUT2D eigenvalue weighted by Gasteiger charge is -2.24. The zero-order valence-corrected chi connectivity index (χ0v) is 19.5. The molecule has 34 heavy (non-hydrogen) atoms. The normalized spacial score (nSPS) is 16.4. The highest BCUT2D eigenvalue weighted by Gasteiger charge is 2.16. The summed E-state index contributed by atoms with van der Waals surface area (Å²) in [5.74, 6) is -0.289. The van der Waals surface area contributed by atoms with Crippen molar-refractivity contribution in [1.82, 2.24) is 19.7 Å². The van der Waals surface area contributed by atoms with Crippen LogP contribution in [0.5, 0.6) is 0 Å². The molecule has 1 unspecified atom stereocenters. The van der Waals surface area contributed by atoms with Crippen LogP contribution >= 0.6 is 0 Å². The smallest absolute Gasteiger partial charge is 0.149 e. The maximum Gasteiger partial charge on any atom is 0.149 e. The van der Waals surface area contributed by atoms with E-state index in [1.165, 1.54) is 36.5 Å². The van der Waals surface area contributed by atoms with Crippen LogP contribution in [-0.2, 0) is 0 Å². The fraction of sp³-hybridized carbons (Fsp3) is 0.241. The van der Waals surface area contributed by atoms with Gasteiger partial charge in [0, 0.05) is 28.9 Å². The Hall–Kier alpha value is -3.57. The summed E-state index contributed by atoms with van der Waals surface area (Å²) in [5, 5.41) is 4.43. The third-order valence-corrected chi connectivity index (χ3v) is 6.89. The summed E-state index contributed by atoms with van der Waals surface area (Å²) in [5.41, 5.74) is 8.45. The second-order valence-electron chi connectivity index (χ2n) is 9.37. The first-order valence-corrected chi connectivity index (χ1v) is 12.0. The van der Waals surface area contributed by atoms with Gasteiger partial charge >= 0.3 is 0 Å². The Kier molecular flexibility index (Phi) is 5.15. The number of pyridine rings is 2. The van der Waals surface area contributed by atoms with Gasteiger partial charge in [-0.1, -0.05) is 30.7 Å². The van der Waals surface area contributed by atoms with Crippen molar-refractivity contribution in [3.8, 4) is 22.4 Å². The Bertz CT molecular complexity index is 1510. The highest BCUT2D eigenvalue weighted by atomic mass is 19.1. The predicted molar refractivity (Wildman–Crippen MR) is 135 cm³/mol. The van der Waals surface area contributed by atoms with Crippen LogP contribution in [0.3, 0.4) is 0 Å². The molecule has 0 spiro atoms. The molecule has 0 radical (unpaired) electrons. The number of halogens is 1. The molecule has 1 saturated heterocycles. The summed E-state index contributed by atoms with van der Waals surface area (Å²) in [6.07, 6.45) is 7.68. The monoisotopic (exact) mass is 450 g/mol. The van der Waals surface area contributed by atoms with E-state index in [0.717, 1.165) is 45.7 Å². The van der Waals surface area contributed by atoms with E-state index in [9.17, 15) is 4.39 Å². The van der Waals surface area contributed by atoms with Gasteiger partial charge in [0.25, 0.3) is 0 Å². The molecule has 0 amide bonds. The van der Waals surface area contributed by atoms with E-state index in [1.54, 1.807) is 0 Å². The molecule has 1 fully saturated rings. The van der Waals surface area contributed by atoms with Crippen molar-refractivity contribution in [3.63, 3.8) is 0 Å². The van der Waals surface area contributed by atoms with Gasteiger partial charge < -0.3 is 5.32 Å². The average Bonchev–Trinajstić information content (AvgIpc) is 3.28. The van der Waals surface area contributed by atoms with Gasteiger partial charge in [0.15, 0.2) is 0 Å². The van der Waals surface area contributed by atoms with Crippen LogP contribution in [0.4, 0.5) is 4.39 Å².